The largest absolute Gasteiger partial charge is 0.492 e. The van der Waals surface area contributed by atoms with E-state index in [1.165, 1.54) is 0 Å². The molecule has 0 bridgehead atoms. The highest BCUT2D eigenvalue weighted by atomic mass is 16.5. The molecule has 1 heterocycles. The van der Waals surface area contributed by atoms with Crippen LogP contribution in [0.2, 0.25) is 0 Å². The maximum absolute atomic E-state index is 9.85. The van der Waals surface area contributed by atoms with Gasteiger partial charge in [-0.1, -0.05) is 6.07 Å². The van der Waals surface area contributed by atoms with Crippen molar-refractivity contribution in [3.63, 3.8) is 0 Å². The van der Waals surface area contributed by atoms with Gasteiger partial charge < -0.3 is 15.6 Å². The summed E-state index contributed by atoms with van der Waals surface area (Å²) < 4.78 is 5.66. The van der Waals surface area contributed by atoms with Crippen molar-refractivity contribution in [2.45, 2.75) is 25.4 Å². The van der Waals surface area contributed by atoms with E-state index in [2.05, 4.69) is 4.90 Å². The first-order chi connectivity index (χ1) is 8.55. The van der Waals surface area contributed by atoms with Gasteiger partial charge in [0.2, 0.25) is 0 Å². The molecular formula is C14H22N2O2. The van der Waals surface area contributed by atoms with E-state index in [4.69, 9.17) is 10.5 Å². The lowest BCUT2D eigenvalue weighted by molar-refractivity contribution is -0.00767. The highest BCUT2D eigenvalue weighted by Crippen LogP contribution is 2.21. The number of piperidine rings is 1. The van der Waals surface area contributed by atoms with Gasteiger partial charge in [-0.25, -0.2) is 0 Å². The van der Waals surface area contributed by atoms with Crippen molar-refractivity contribution in [1.29, 1.82) is 0 Å². The normalized spacial score (nSPS) is 19.7. The first kappa shape index (κ1) is 13.2. The van der Waals surface area contributed by atoms with Crippen LogP contribution in [0.15, 0.2) is 24.3 Å². The van der Waals surface area contributed by atoms with Crippen molar-refractivity contribution in [3.05, 3.63) is 24.3 Å². The van der Waals surface area contributed by atoms with Gasteiger partial charge in [-0.3, -0.25) is 4.90 Å². The predicted molar refractivity (Wildman–Crippen MR) is 72.6 cm³/mol. The zero-order valence-corrected chi connectivity index (χ0v) is 10.9. The summed E-state index contributed by atoms with van der Waals surface area (Å²) in [6.45, 7) is 5.34. The van der Waals surface area contributed by atoms with Gasteiger partial charge in [-0.15, -0.1) is 0 Å². The maximum atomic E-state index is 9.85. The minimum absolute atomic E-state index is 0.481. The summed E-state index contributed by atoms with van der Waals surface area (Å²) in [5.41, 5.74) is 5.93. The number of ether oxygens (including phenoxy) is 1. The molecule has 2 rings (SSSR count). The number of aliphatic hydroxyl groups is 1. The fourth-order valence-corrected chi connectivity index (χ4v) is 2.16. The molecule has 0 radical (unpaired) electrons. The SMILES string of the molecule is CC1(O)CCN(CCOc2cccc(N)c2)CC1. The second-order valence-corrected chi connectivity index (χ2v) is 5.26. The highest BCUT2D eigenvalue weighted by Gasteiger charge is 2.26. The number of anilines is 1. The quantitative estimate of drug-likeness (QED) is 0.795. The van der Waals surface area contributed by atoms with E-state index >= 15 is 0 Å². The van der Waals surface area contributed by atoms with E-state index < -0.39 is 5.60 Å². The van der Waals surface area contributed by atoms with Gasteiger partial charge in [-0.05, 0) is 31.9 Å². The molecule has 0 atom stereocenters. The third kappa shape index (κ3) is 3.89. The van der Waals surface area contributed by atoms with Crippen LogP contribution < -0.4 is 10.5 Å². The standard InChI is InChI=1S/C14H22N2O2/c1-14(17)5-7-16(8-6-14)9-10-18-13-4-2-3-12(15)11-13/h2-4,11,17H,5-10,15H2,1H3. The molecule has 1 aliphatic heterocycles. The lowest BCUT2D eigenvalue weighted by Crippen LogP contribution is -2.43. The second-order valence-electron chi connectivity index (χ2n) is 5.26. The Kier molecular flexibility index (Phi) is 4.09. The number of hydrogen-bond acceptors (Lipinski definition) is 4. The number of nitrogens with two attached hydrogens (primary N) is 1. The van der Waals surface area contributed by atoms with Crippen molar-refractivity contribution >= 4 is 5.69 Å². The van der Waals surface area contributed by atoms with E-state index in [1.807, 2.05) is 31.2 Å². The Hall–Kier alpha value is -1.26. The second kappa shape index (κ2) is 5.59. The molecule has 3 N–H and O–H groups in total. The highest BCUT2D eigenvalue weighted by molar-refractivity contribution is 5.43. The lowest BCUT2D eigenvalue weighted by atomic mass is 9.94. The van der Waals surface area contributed by atoms with Crippen LogP contribution >= 0.6 is 0 Å². The summed E-state index contributed by atoms with van der Waals surface area (Å²) in [6.07, 6.45) is 1.68. The van der Waals surface area contributed by atoms with Crippen molar-refractivity contribution < 1.29 is 9.84 Å². The summed E-state index contributed by atoms with van der Waals surface area (Å²) in [5, 5.41) is 9.85. The first-order valence-corrected chi connectivity index (χ1v) is 6.48. The lowest BCUT2D eigenvalue weighted by Gasteiger charge is -2.35. The average Bonchev–Trinajstić information content (AvgIpc) is 2.31. The Morgan fingerprint density at radius 3 is 2.78 bits per heavy atom. The molecule has 0 unspecified atom stereocenters. The average molecular weight is 250 g/mol. The van der Waals surface area contributed by atoms with Crippen LogP contribution in [-0.4, -0.2) is 41.8 Å². The molecule has 1 saturated heterocycles. The summed E-state index contributed by atoms with van der Waals surface area (Å²) in [7, 11) is 0. The monoisotopic (exact) mass is 250 g/mol. The molecule has 1 aromatic rings. The molecule has 0 aromatic heterocycles. The summed E-state index contributed by atoms with van der Waals surface area (Å²) in [5.74, 6) is 0.819. The van der Waals surface area contributed by atoms with E-state index in [-0.39, 0.29) is 0 Å². The van der Waals surface area contributed by atoms with Gasteiger partial charge in [-0.2, -0.15) is 0 Å². The third-order valence-electron chi connectivity index (χ3n) is 3.47. The van der Waals surface area contributed by atoms with Crippen molar-refractivity contribution in [1.82, 2.24) is 4.90 Å². The number of nitrogens with zero attached hydrogens (tertiary/aromatic N) is 1. The molecule has 100 valence electrons. The molecule has 4 heteroatoms. The Labute approximate surface area is 108 Å². The minimum atomic E-state index is -0.481. The molecule has 0 aliphatic carbocycles. The number of benzene rings is 1. The Morgan fingerprint density at radius 1 is 1.39 bits per heavy atom. The molecule has 0 saturated carbocycles. The van der Waals surface area contributed by atoms with E-state index in [0.717, 1.165) is 43.9 Å². The Balaban J connectivity index is 1.70. The topological polar surface area (TPSA) is 58.7 Å². The van der Waals surface area contributed by atoms with Crippen molar-refractivity contribution in [2.75, 3.05) is 32.0 Å². The van der Waals surface area contributed by atoms with Crippen LogP contribution in [0.1, 0.15) is 19.8 Å². The number of nitrogen functional groups attached to an aromatic ring is 1. The van der Waals surface area contributed by atoms with Crippen LogP contribution in [0.3, 0.4) is 0 Å². The molecule has 1 aliphatic rings. The van der Waals surface area contributed by atoms with Crippen LogP contribution in [0.5, 0.6) is 5.75 Å². The Bertz CT molecular complexity index is 383. The summed E-state index contributed by atoms with van der Waals surface area (Å²) in [4.78, 5) is 2.32. The molecular weight excluding hydrogens is 228 g/mol. The molecule has 0 amide bonds. The van der Waals surface area contributed by atoms with E-state index in [1.54, 1.807) is 0 Å². The van der Waals surface area contributed by atoms with E-state index in [9.17, 15) is 5.11 Å². The third-order valence-corrected chi connectivity index (χ3v) is 3.47. The van der Waals surface area contributed by atoms with Gasteiger partial charge in [0, 0.05) is 31.4 Å². The fraction of sp³-hybridized carbons (Fsp3) is 0.571. The number of rotatable bonds is 4. The number of hydrogen-bond donors (Lipinski definition) is 2. The number of likely N-dealkylation sites (tertiary alicyclic amines) is 1. The maximum Gasteiger partial charge on any atom is 0.121 e. The zero-order valence-electron chi connectivity index (χ0n) is 10.9. The molecule has 4 nitrogen and oxygen atoms in total. The van der Waals surface area contributed by atoms with Crippen molar-refractivity contribution in [2.24, 2.45) is 0 Å². The van der Waals surface area contributed by atoms with Gasteiger partial charge >= 0.3 is 0 Å². The van der Waals surface area contributed by atoms with Gasteiger partial charge in [0.1, 0.15) is 12.4 Å². The van der Waals surface area contributed by atoms with Gasteiger partial charge in [0.05, 0.1) is 5.60 Å². The van der Waals surface area contributed by atoms with Crippen LogP contribution in [-0.2, 0) is 0 Å². The fourth-order valence-electron chi connectivity index (χ4n) is 2.16. The van der Waals surface area contributed by atoms with Crippen LogP contribution in [0.25, 0.3) is 0 Å². The summed E-state index contributed by atoms with van der Waals surface area (Å²) in [6, 6.07) is 7.49. The predicted octanol–water partition coefficient (Wildman–Crippen LogP) is 1.49. The summed E-state index contributed by atoms with van der Waals surface area (Å²) >= 11 is 0. The van der Waals surface area contributed by atoms with Gasteiger partial charge in [0.15, 0.2) is 0 Å². The molecule has 1 fully saturated rings. The molecule has 1 aromatic carbocycles. The molecule has 18 heavy (non-hydrogen) atoms. The molecule has 0 spiro atoms. The van der Waals surface area contributed by atoms with Crippen LogP contribution in [0, 0.1) is 0 Å². The minimum Gasteiger partial charge on any atom is -0.492 e. The van der Waals surface area contributed by atoms with Crippen LogP contribution in [0.4, 0.5) is 5.69 Å². The Morgan fingerprint density at radius 2 is 2.11 bits per heavy atom. The first-order valence-electron chi connectivity index (χ1n) is 6.48. The van der Waals surface area contributed by atoms with Gasteiger partial charge in [0.25, 0.3) is 0 Å². The zero-order chi connectivity index (χ0) is 13.0. The van der Waals surface area contributed by atoms with Crippen molar-refractivity contribution in [3.8, 4) is 5.75 Å². The smallest absolute Gasteiger partial charge is 0.121 e. The van der Waals surface area contributed by atoms with E-state index in [0.29, 0.717) is 6.61 Å².